The van der Waals surface area contributed by atoms with Gasteiger partial charge in [-0.15, -0.1) is 0 Å². The third kappa shape index (κ3) is 3.36. The van der Waals surface area contributed by atoms with Gasteiger partial charge in [-0.25, -0.2) is 0 Å². The third-order valence-corrected chi connectivity index (χ3v) is 9.45. The number of halogens is 1. The zero-order chi connectivity index (χ0) is 26.2. The molecule has 7 rings (SSSR count). The molecular weight excluding hydrogens is 573 g/mol. The van der Waals surface area contributed by atoms with E-state index in [1.54, 1.807) is 0 Å². The SMILES string of the molecule is CC1(C)c2ccccc2-c2ccc(N(c3ccc(I)cc3)c3ccc4c(c3)C(C)(C)c3ccccc3-4)cc21. The summed E-state index contributed by atoms with van der Waals surface area (Å²) >= 11 is 2.39. The molecular formula is C36H30IN. The Kier molecular flexibility index (Phi) is 5.19. The Labute approximate surface area is 239 Å². The van der Waals surface area contributed by atoms with Gasteiger partial charge in [0, 0.05) is 31.5 Å². The Morgan fingerprint density at radius 1 is 0.447 bits per heavy atom. The molecule has 0 N–H and O–H groups in total. The number of nitrogens with zero attached hydrogens (tertiary/aromatic N) is 1. The van der Waals surface area contributed by atoms with Crippen molar-refractivity contribution >= 4 is 39.7 Å². The average Bonchev–Trinajstić information content (AvgIpc) is 3.30. The molecule has 0 atom stereocenters. The Balaban J connectivity index is 1.42. The van der Waals surface area contributed by atoms with Crippen molar-refractivity contribution in [3.8, 4) is 22.3 Å². The first kappa shape index (κ1) is 23.7. The van der Waals surface area contributed by atoms with Crippen molar-refractivity contribution in [1.82, 2.24) is 0 Å². The summed E-state index contributed by atoms with van der Waals surface area (Å²) in [6.07, 6.45) is 0. The van der Waals surface area contributed by atoms with Gasteiger partial charge in [0.2, 0.25) is 0 Å². The summed E-state index contributed by atoms with van der Waals surface area (Å²) in [6, 6.07) is 40.7. The van der Waals surface area contributed by atoms with E-state index in [2.05, 4.69) is 164 Å². The second-order valence-corrected chi connectivity index (χ2v) is 12.9. The van der Waals surface area contributed by atoms with Crippen molar-refractivity contribution in [3.05, 3.63) is 135 Å². The summed E-state index contributed by atoms with van der Waals surface area (Å²) in [4.78, 5) is 2.43. The van der Waals surface area contributed by atoms with Gasteiger partial charge in [-0.3, -0.25) is 0 Å². The Morgan fingerprint density at radius 2 is 0.842 bits per heavy atom. The minimum absolute atomic E-state index is 0.0404. The van der Waals surface area contributed by atoms with E-state index in [1.807, 2.05) is 0 Å². The normalized spacial score (nSPS) is 15.4. The minimum Gasteiger partial charge on any atom is -0.310 e. The molecule has 0 spiro atoms. The topological polar surface area (TPSA) is 3.24 Å². The molecule has 0 heterocycles. The van der Waals surface area contributed by atoms with Crippen LogP contribution in [0.1, 0.15) is 49.9 Å². The Morgan fingerprint density at radius 3 is 1.32 bits per heavy atom. The van der Waals surface area contributed by atoms with Gasteiger partial charge in [-0.1, -0.05) is 88.4 Å². The van der Waals surface area contributed by atoms with Gasteiger partial charge < -0.3 is 4.90 Å². The van der Waals surface area contributed by atoms with Gasteiger partial charge in [0.15, 0.2) is 0 Å². The zero-order valence-electron chi connectivity index (χ0n) is 22.2. The second kappa shape index (κ2) is 8.31. The van der Waals surface area contributed by atoms with Gasteiger partial charge in [0.25, 0.3) is 0 Å². The molecule has 0 amide bonds. The predicted octanol–water partition coefficient (Wildman–Crippen LogP) is 10.4. The number of rotatable bonds is 3. The van der Waals surface area contributed by atoms with Gasteiger partial charge >= 0.3 is 0 Å². The fourth-order valence-electron chi connectivity index (χ4n) is 6.70. The van der Waals surface area contributed by atoms with Crippen LogP contribution in [-0.2, 0) is 10.8 Å². The van der Waals surface area contributed by atoms with Gasteiger partial charge in [-0.05, 0) is 116 Å². The summed E-state index contributed by atoms with van der Waals surface area (Å²) in [5.41, 5.74) is 14.5. The number of anilines is 3. The number of benzene rings is 5. The summed E-state index contributed by atoms with van der Waals surface area (Å²) in [5, 5.41) is 0. The molecule has 0 fully saturated rings. The van der Waals surface area contributed by atoms with Crippen molar-refractivity contribution in [2.45, 2.75) is 38.5 Å². The fourth-order valence-corrected chi connectivity index (χ4v) is 7.06. The number of fused-ring (bicyclic) bond motifs is 6. The first-order valence-corrected chi connectivity index (χ1v) is 14.4. The van der Waals surface area contributed by atoms with Crippen LogP contribution in [0.2, 0.25) is 0 Å². The Bertz CT molecular complexity index is 1620. The van der Waals surface area contributed by atoms with E-state index >= 15 is 0 Å². The number of hydrogen-bond donors (Lipinski definition) is 0. The molecule has 0 aliphatic heterocycles. The summed E-state index contributed by atoms with van der Waals surface area (Å²) in [5.74, 6) is 0. The van der Waals surface area contributed by atoms with Crippen molar-refractivity contribution in [3.63, 3.8) is 0 Å². The molecule has 0 saturated carbocycles. The van der Waals surface area contributed by atoms with Crippen molar-refractivity contribution in [2.24, 2.45) is 0 Å². The van der Waals surface area contributed by atoms with E-state index in [4.69, 9.17) is 0 Å². The highest BCUT2D eigenvalue weighted by Crippen LogP contribution is 2.52. The quantitative estimate of drug-likeness (QED) is 0.186. The standard InChI is InChI=1S/C36H30IN/c1-35(2)31-11-7-5-9-27(31)29-19-17-25(21-33(29)35)38(24-15-13-23(37)14-16-24)26-18-20-30-28-10-6-8-12-32(28)36(3,4)34(30)22-26/h5-22H,1-4H3. The summed E-state index contributed by atoms with van der Waals surface area (Å²) in [7, 11) is 0. The molecule has 2 heteroatoms. The van der Waals surface area contributed by atoms with Crippen LogP contribution in [0.4, 0.5) is 17.1 Å². The molecule has 5 aromatic carbocycles. The zero-order valence-corrected chi connectivity index (χ0v) is 24.4. The molecule has 2 aliphatic carbocycles. The Hall–Kier alpha value is -3.37. The average molecular weight is 604 g/mol. The predicted molar refractivity (Wildman–Crippen MR) is 169 cm³/mol. The maximum atomic E-state index is 2.43. The second-order valence-electron chi connectivity index (χ2n) is 11.6. The lowest BCUT2D eigenvalue weighted by atomic mass is 9.82. The van der Waals surface area contributed by atoms with E-state index in [0.717, 1.165) is 0 Å². The molecule has 0 unspecified atom stereocenters. The van der Waals surface area contributed by atoms with Crippen LogP contribution >= 0.6 is 22.6 Å². The van der Waals surface area contributed by atoms with Crippen molar-refractivity contribution < 1.29 is 0 Å². The monoisotopic (exact) mass is 603 g/mol. The van der Waals surface area contributed by atoms with Crippen LogP contribution in [0, 0.1) is 3.57 Å². The van der Waals surface area contributed by atoms with Gasteiger partial charge in [-0.2, -0.15) is 0 Å². The molecule has 0 saturated heterocycles. The smallest absolute Gasteiger partial charge is 0.0465 e. The molecule has 2 aliphatic rings. The lowest BCUT2D eigenvalue weighted by molar-refractivity contribution is 0.660. The van der Waals surface area contributed by atoms with E-state index in [-0.39, 0.29) is 10.8 Å². The van der Waals surface area contributed by atoms with E-state index in [0.29, 0.717) is 0 Å². The molecule has 0 bridgehead atoms. The molecule has 5 aromatic rings. The van der Waals surface area contributed by atoms with Crippen LogP contribution in [0.25, 0.3) is 22.3 Å². The first-order valence-electron chi connectivity index (χ1n) is 13.3. The summed E-state index contributed by atoms with van der Waals surface area (Å²) in [6.45, 7) is 9.41. The molecule has 0 radical (unpaired) electrons. The van der Waals surface area contributed by atoms with Crippen molar-refractivity contribution in [1.29, 1.82) is 0 Å². The van der Waals surface area contributed by atoms with Crippen molar-refractivity contribution in [2.75, 3.05) is 4.90 Å². The maximum absolute atomic E-state index is 2.43. The lowest BCUT2D eigenvalue weighted by Gasteiger charge is -2.29. The molecule has 38 heavy (non-hydrogen) atoms. The minimum atomic E-state index is -0.0404. The van der Waals surface area contributed by atoms with Crippen LogP contribution in [0.15, 0.2) is 109 Å². The first-order chi connectivity index (χ1) is 18.3. The molecule has 186 valence electrons. The van der Waals surface area contributed by atoms with E-state index in [9.17, 15) is 0 Å². The highest BCUT2D eigenvalue weighted by atomic mass is 127. The van der Waals surface area contributed by atoms with E-state index < -0.39 is 0 Å². The van der Waals surface area contributed by atoms with Crippen LogP contribution in [0.3, 0.4) is 0 Å². The molecule has 0 aromatic heterocycles. The highest BCUT2D eigenvalue weighted by molar-refractivity contribution is 14.1. The fraction of sp³-hybridized carbons (Fsp3) is 0.167. The van der Waals surface area contributed by atoms with Crippen LogP contribution in [-0.4, -0.2) is 0 Å². The highest BCUT2D eigenvalue weighted by Gasteiger charge is 2.37. The van der Waals surface area contributed by atoms with Crippen LogP contribution in [0.5, 0.6) is 0 Å². The summed E-state index contributed by atoms with van der Waals surface area (Å²) < 4.78 is 1.24. The van der Waals surface area contributed by atoms with E-state index in [1.165, 1.54) is 65.1 Å². The van der Waals surface area contributed by atoms with Crippen LogP contribution < -0.4 is 4.90 Å². The lowest BCUT2D eigenvalue weighted by Crippen LogP contribution is -2.18. The largest absolute Gasteiger partial charge is 0.310 e. The maximum Gasteiger partial charge on any atom is 0.0465 e. The van der Waals surface area contributed by atoms with Gasteiger partial charge in [0.1, 0.15) is 0 Å². The number of hydrogen-bond acceptors (Lipinski definition) is 1. The molecule has 1 nitrogen and oxygen atoms in total. The van der Waals surface area contributed by atoms with Gasteiger partial charge in [0.05, 0.1) is 0 Å². The third-order valence-electron chi connectivity index (χ3n) is 8.74.